The van der Waals surface area contributed by atoms with Gasteiger partial charge >= 0.3 is 6.18 Å². The van der Waals surface area contributed by atoms with E-state index in [4.69, 9.17) is 0 Å². The highest BCUT2D eigenvalue weighted by molar-refractivity contribution is 7.11. The second-order valence-electron chi connectivity index (χ2n) is 5.97. The molecule has 1 atom stereocenters. The van der Waals surface area contributed by atoms with E-state index in [0.29, 0.717) is 24.7 Å². The molecule has 4 nitrogen and oxygen atoms in total. The second-order valence-corrected chi connectivity index (χ2v) is 7.26. The molecule has 0 saturated heterocycles. The molecule has 1 aliphatic rings. The summed E-state index contributed by atoms with van der Waals surface area (Å²) in [5.74, 6) is 0.870. The molecule has 0 radical (unpaired) electrons. The van der Waals surface area contributed by atoms with E-state index in [2.05, 4.69) is 15.3 Å². The summed E-state index contributed by atoms with van der Waals surface area (Å²) < 4.78 is 39.8. The van der Waals surface area contributed by atoms with Crippen LogP contribution in [-0.4, -0.2) is 21.1 Å². The highest BCUT2D eigenvalue weighted by Crippen LogP contribution is 2.30. The Kier molecular flexibility index (Phi) is 4.46. The van der Waals surface area contributed by atoms with Gasteiger partial charge in [0.1, 0.15) is 5.82 Å². The molecule has 1 N–H and O–H groups in total. The Labute approximate surface area is 136 Å². The van der Waals surface area contributed by atoms with Crippen LogP contribution in [-0.2, 0) is 25.7 Å². The Balaban J connectivity index is 1.55. The number of nitrogens with one attached hydrogen (secondary N) is 1. The van der Waals surface area contributed by atoms with Crippen LogP contribution < -0.4 is 5.32 Å². The van der Waals surface area contributed by atoms with Crippen LogP contribution in [0, 0.1) is 19.8 Å². The minimum atomic E-state index is -4.36. The van der Waals surface area contributed by atoms with Crippen molar-refractivity contribution in [1.29, 1.82) is 0 Å². The lowest BCUT2D eigenvalue weighted by molar-refractivity contribution is -0.141. The standard InChI is InChI=1S/C15H19F3N4S/c1-9-12(23-10(2)20-9)6-19-5-11-3-4-14-21-13(15(16,17)18)8-22(14)7-11/h8,11,19H,3-7H2,1-2H3/t11-/m1/s1. The van der Waals surface area contributed by atoms with E-state index in [1.165, 1.54) is 4.88 Å². The maximum Gasteiger partial charge on any atom is 0.434 e. The average Bonchev–Trinajstić information content (AvgIpc) is 3.01. The zero-order valence-corrected chi connectivity index (χ0v) is 13.9. The molecule has 0 aromatic carbocycles. The SMILES string of the molecule is Cc1nc(C)c(CNC[C@H]2CCc3nc(C(F)(F)F)cn3C2)s1. The van der Waals surface area contributed by atoms with Crippen molar-refractivity contribution in [3.8, 4) is 0 Å². The van der Waals surface area contributed by atoms with Crippen molar-refractivity contribution in [3.63, 3.8) is 0 Å². The number of imidazole rings is 1. The lowest BCUT2D eigenvalue weighted by atomic mass is 9.99. The molecule has 1 aliphatic heterocycles. The maximum atomic E-state index is 12.7. The van der Waals surface area contributed by atoms with Gasteiger partial charge in [0.05, 0.1) is 10.7 Å². The van der Waals surface area contributed by atoms with Gasteiger partial charge in [-0.25, -0.2) is 9.97 Å². The van der Waals surface area contributed by atoms with Crippen molar-refractivity contribution in [2.45, 2.75) is 46.0 Å². The summed E-state index contributed by atoms with van der Waals surface area (Å²) in [5.41, 5.74) is 0.271. The summed E-state index contributed by atoms with van der Waals surface area (Å²) in [6, 6.07) is 0. The smallest absolute Gasteiger partial charge is 0.334 e. The van der Waals surface area contributed by atoms with Crippen LogP contribution in [0.3, 0.4) is 0 Å². The van der Waals surface area contributed by atoms with E-state index in [-0.39, 0.29) is 0 Å². The Hall–Kier alpha value is -1.41. The van der Waals surface area contributed by atoms with Crippen LogP contribution in [0.5, 0.6) is 0 Å². The fourth-order valence-corrected chi connectivity index (χ4v) is 3.85. The molecule has 2 aromatic heterocycles. The van der Waals surface area contributed by atoms with Gasteiger partial charge in [0, 0.05) is 37.1 Å². The van der Waals surface area contributed by atoms with Gasteiger partial charge in [0.2, 0.25) is 0 Å². The molecular weight excluding hydrogens is 325 g/mol. The van der Waals surface area contributed by atoms with Crippen molar-refractivity contribution in [1.82, 2.24) is 19.9 Å². The zero-order valence-electron chi connectivity index (χ0n) is 13.1. The van der Waals surface area contributed by atoms with Crippen molar-refractivity contribution < 1.29 is 13.2 Å². The predicted octanol–water partition coefficient (Wildman–Crippen LogP) is 3.33. The fraction of sp³-hybridized carbons (Fsp3) is 0.600. The summed E-state index contributed by atoms with van der Waals surface area (Å²) >= 11 is 1.68. The molecular formula is C15H19F3N4S. The summed E-state index contributed by atoms with van der Waals surface area (Å²) in [7, 11) is 0. The first-order chi connectivity index (χ1) is 10.8. The molecule has 0 unspecified atom stereocenters. The van der Waals surface area contributed by atoms with Gasteiger partial charge in [-0.3, -0.25) is 0 Å². The molecule has 0 bridgehead atoms. The van der Waals surface area contributed by atoms with Crippen molar-refractivity contribution in [2.75, 3.05) is 6.54 Å². The number of thiazole rings is 1. The largest absolute Gasteiger partial charge is 0.434 e. The zero-order chi connectivity index (χ0) is 16.6. The first-order valence-electron chi connectivity index (χ1n) is 7.60. The molecule has 126 valence electrons. The van der Waals surface area contributed by atoms with Crippen molar-refractivity contribution >= 4 is 11.3 Å². The third-order valence-electron chi connectivity index (χ3n) is 4.10. The van der Waals surface area contributed by atoms with Crippen LogP contribution in [0.1, 0.15) is 33.5 Å². The number of aromatic nitrogens is 3. The number of aryl methyl sites for hydroxylation is 3. The number of fused-ring (bicyclic) bond motifs is 1. The number of alkyl halides is 3. The minimum absolute atomic E-state index is 0.326. The van der Waals surface area contributed by atoms with E-state index in [1.807, 2.05) is 13.8 Å². The third kappa shape index (κ3) is 3.74. The highest BCUT2D eigenvalue weighted by atomic mass is 32.1. The van der Waals surface area contributed by atoms with Crippen LogP contribution in [0.2, 0.25) is 0 Å². The number of rotatable bonds is 4. The Morgan fingerprint density at radius 3 is 2.78 bits per heavy atom. The lowest BCUT2D eigenvalue weighted by Crippen LogP contribution is -2.29. The molecule has 0 saturated carbocycles. The van der Waals surface area contributed by atoms with Crippen LogP contribution >= 0.6 is 11.3 Å². The van der Waals surface area contributed by atoms with E-state index in [0.717, 1.165) is 36.4 Å². The molecule has 0 aliphatic carbocycles. The lowest BCUT2D eigenvalue weighted by Gasteiger charge is -2.23. The first kappa shape index (κ1) is 16.4. The molecule has 3 heterocycles. The van der Waals surface area contributed by atoms with E-state index in [9.17, 15) is 13.2 Å². The molecule has 3 rings (SSSR count). The quantitative estimate of drug-likeness (QED) is 0.925. The Bertz CT molecular complexity index is 689. The van der Waals surface area contributed by atoms with E-state index >= 15 is 0 Å². The third-order valence-corrected chi connectivity index (χ3v) is 5.17. The molecule has 0 amide bonds. The summed E-state index contributed by atoms with van der Waals surface area (Å²) in [4.78, 5) is 9.32. The minimum Gasteiger partial charge on any atom is -0.334 e. The number of hydrogen-bond acceptors (Lipinski definition) is 4. The predicted molar refractivity (Wildman–Crippen MR) is 82.3 cm³/mol. The number of nitrogens with zero attached hydrogens (tertiary/aromatic N) is 3. The molecule has 23 heavy (non-hydrogen) atoms. The Morgan fingerprint density at radius 1 is 1.35 bits per heavy atom. The fourth-order valence-electron chi connectivity index (χ4n) is 2.95. The van der Waals surface area contributed by atoms with Gasteiger partial charge in [-0.15, -0.1) is 11.3 Å². The monoisotopic (exact) mass is 344 g/mol. The average molecular weight is 344 g/mol. The van der Waals surface area contributed by atoms with Crippen molar-refractivity contribution in [3.05, 3.63) is 33.3 Å². The summed E-state index contributed by atoms with van der Waals surface area (Å²) in [6.07, 6.45) is -1.76. The molecule has 0 fully saturated rings. The van der Waals surface area contributed by atoms with Gasteiger partial charge in [-0.2, -0.15) is 13.2 Å². The van der Waals surface area contributed by atoms with Gasteiger partial charge in [-0.1, -0.05) is 0 Å². The first-order valence-corrected chi connectivity index (χ1v) is 8.41. The van der Waals surface area contributed by atoms with Gasteiger partial charge in [0.15, 0.2) is 5.69 Å². The van der Waals surface area contributed by atoms with Gasteiger partial charge in [-0.05, 0) is 26.2 Å². The molecule has 2 aromatic rings. The van der Waals surface area contributed by atoms with Crippen LogP contribution in [0.4, 0.5) is 13.2 Å². The van der Waals surface area contributed by atoms with Crippen LogP contribution in [0.15, 0.2) is 6.20 Å². The second kappa shape index (κ2) is 6.24. The van der Waals surface area contributed by atoms with Crippen LogP contribution in [0.25, 0.3) is 0 Å². The number of hydrogen-bond donors (Lipinski definition) is 1. The van der Waals surface area contributed by atoms with Crippen molar-refractivity contribution in [2.24, 2.45) is 5.92 Å². The topological polar surface area (TPSA) is 42.7 Å². The van der Waals surface area contributed by atoms with E-state index < -0.39 is 11.9 Å². The molecule has 8 heteroatoms. The maximum absolute atomic E-state index is 12.7. The number of halogens is 3. The normalized spacial score (nSPS) is 18.2. The Morgan fingerprint density at radius 2 is 2.13 bits per heavy atom. The van der Waals surface area contributed by atoms with E-state index in [1.54, 1.807) is 15.9 Å². The summed E-state index contributed by atoms with van der Waals surface area (Å²) in [5, 5.41) is 4.46. The highest BCUT2D eigenvalue weighted by Gasteiger charge is 2.35. The van der Waals surface area contributed by atoms with Gasteiger partial charge < -0.3 is 9.88 Å². The van der Waals surface area contributed by atoms with Gasteiger partial charge in [0.25, 0.3) is 0 Å². The summed E-state index contributed by atoms with van der Waals surface area (Å²) in [6.45, 7) is 6.12. The molecule has 0 spiro atoms.